The van der Waals surface area contributed by atoms with Gasteiger partial charge in [-0.05, 0) is 10.3 Å². The van der Waals surface area contributed by atoms with Gasteiger partial charge < -0.3 is 0 Å². The molecular weight excluding hydrogens is 180 g/mol. The molecule has 0 fully saturated rings. The SMILES string of the molecule is O=NN1CCN(N=O)c2nonc21. The molecule has 13 heavy (non-hydrogen) atoms. The summed E-state index contributed by atoms with van der Waals surface area (Å²) in [5, 5.41) is 14.3. The average molecular weight is 184 g/mol. The van der Waals surface area contributed by atoms with Gasteiger partial charge in [0.1, 0.15) is 0 Å². The smallest absolute Gasteiger partial charge is 0.240 e. The molecule has 0 unspecified atom stereocenters. The molecule has 0 atom stereocenters. The third-order valence-corrected chi connectivity index (χ3v) is 1.66. The largest absolute Gasteiger partial charge is 0.242 e. The Morgan fingerprint density at radius 1 is 1.08 bits per heavy atom. The second-order valence-electron chi connectivity index (χ2n) is 2.32. The van der Waals surface area contributed by atoms with E-state index in [0.29, 0.717) is 0 Å². The fraction of sp³-hybridized carbons (Fsp3) is 0.500. The molecule has 0 amide bonds. The van der Waals surface area contributed by atoms with Crippen LogP contribution in [0.25, 0.3) is 0 Å². The first-order valence-corrected chi connectivity index (χ1v) is 3.41. The zero-order valence-electron chi connectivity index (χ0n) is 6.32. The maximum absolute atomic E-state index is 10.3. The van der Waals surface area contributed by atoms with Gasteiger partial charge >= 0.3 is 0 Å². The van der Waals surface area contributed by atoms with E-state index in [-0.39, 0.29) is 24.7 Å². The lowest BCUT2D eigenvalue weighted by molar-refractivity contribution is 0.308. The molecule has 9 heteroatoms. The summed E-state index contributed by atoms with van der Waals surface area (Å²) in [4.78, 5) is 20.5. The van der Waals surface area contributed by atoms with Crippen LogP contribution in [0.2, 0.25) is 0 Å². The summed E-state index contributed by atoms with van der Waals surface area (Å²) < 4.78 is 4.35. The van der Waals surface area contributed by atoms with Gasteiger partial charge in [-0.25, -0.2) is 14.6 Å². The first-order valence-electron chi connectivity index (χ1n) is 3.41. The second kappa shape index (κ2) is 2.77. The van der Waals surface area contributed by atoms with E-state index in [4.69, 9.17) is 0 Å². The van der Waals surface area contributed by atoms with Crippen molar-refractivity contribution in [1.82, 2.24) is 10.3 Å². The Balaban J connectivity index is 2.41. The molecule has 1 aliphatic rings. The van der Waals surface area contributed by atoms with E-state index in [2.05, 4.69) is 25.5 Å². The maximum Gasteiger partial charge on any atom is 0.242 e. The lowest BCUT2D eigenvalue weighted by Gasteiger charge is -2.22. The monoisotopic (exact) mass is 184 g/mol. The summed E-state index contributed by atoms with van der Waals surface area (Å²) in [6.45, 7) is 0.465. The van der Waals surface area contributed by atoms with E-state index in [1.54, 1.807) is 0 Å². The number of aromatic nitrogens is 2. The van der Waals surface area contributed by atoms with E-state index in [1.165, 1.54) is 0 Å². The fourth-order valence-electron chi connectivity index (χ4n) is 1.06. The molecule has 2 rings (SSSR count). The minimum atomic E-state index is 0.112. The van der Waals surface area contributed by atoms with Crippen molar-refractivity contribution in [2.24, 2.45) is 10.6 Å². The normalized spacial score (nSPS) is 15.4. The van der Waals surface area contributed by atoms with Crippen LogP contribution >= 0.6 is 0 Å². The first kappa shape index (κ1) is 7.58. The molecule has 0 N–H and O–H groups in total. The third kappa shape index (κ3) is 1.01. The van der Waals surface area contributed by atoms with Gasteiger partial charge in [-0.2, -0.15) is 0 Å². The molecule has 0 aliphatic carbocycles. The van der Waals surface area contributed by atoms with Crippen molar-refractivity contribution < 1.29 is 4.63 Å². The number of hydrogen-bond acceptors (Lipinski definition) is 7. The minimum absolute atomic E-state index is 0.112. The molecule has 1 aliphatic heterocycles. The molecule has 0 spiro atoms. The number of nitrogens with zero attached hydrogens (tertiary/aromatic N) is 6. The zero-order valence-corrected chi connectivity index (χ0v) is 6.32. The minimum Gasteiger partial charge on any atom is -0.240 e. The number of hydrogen-bond donors (Lipinski definition) is 0. The predicted octanol–water partition coefficient (Wildman–Crippen LogP) is 0.0588. The van der Waals surface area contributed by atoms with Crippen LogP contribution in [0.4, 0.5) is 11.6 Å². The van der Waals surface area contributed by atoms with Crippen LogP contribution in [-0.2, 0) is 0 Å². The molecule has 2 heterocycles. The Labute approximate surface area is 71.1 Å². The van der Waals surface area contributed by atoms with Gasteiger partial charge in [0.25, 0.3) is 0 Å². The number of anilines is 2. The lowest BCUT2D eigenvalue weighted by atomic mass is 10.4. The topological polar surface area (TPSA) is 104 Å². The van der Waals surface area contributed by atoms with Crippen LogP contribution in [0.3, 0.4) is 0 Å². The van der Waals surface area contributed by atoms with Gasteiger partial charge in [0, 0.05) is 0 Å². The molecular formula is C4H4N6O3. The van der Waals surface area contributed by atoms with Gasteiger partial charge in [0.15, 0.2) is 0 Å². The van der Waals surface area contributed by atoms with E-state index in [0.717, 1.165) is 10.0 Å². The van der Waals surface area contributed by atoms with Crippen LogP contribution in [0, 0.1) is 9.81 Å². The number of rotatable bonds is 2. The first-order chi connectivity index (χ1) is 6.36. The Hall–Kier alpha value is -2.06. The second-order valence-corrected chi connectivity index (χ2v) is 2.32. The summed E-state index contributed by atoms with van der Waals surface area (Å²) in [5.41, 5.74) is 0. The van der Waals surface area contributed by atoms with Crippen LogP contribution in [0.5, 0.6) is 0 Å². The van der Waals surface area contributed by atoms with Crippen molar-refractivity contribution in [2.45, 2.75) is 0 Å². The highest BCUT2D eigenvalue weighted by atomic mass is 16.6. The lowest BCUT2D eigenvalue weighted by Crippen LogP contribution is -2.35. The highest BCUT2D eigenvalue weighted by Crippen LogP contribution is 2.28. The Morgan fingerprint density at radius 3 is 1.92 bits per heavy atom. The van der Waals surface area contributed by atoms with Gasteiger partial charge in [-0.3, -0.25) is 0 Å². The molecule has 0 bridgehead atoms. The zero-order chi connectivity index (χ0) is 9.26. The van der Waals surface area contributed by atoms with Gasteiger partial charge in [0.2, 0.25) is 11.6 Å². The van der Waals surface area contributed by atoms with Crippen molar-refractivity contribution in [3.05, 3.63) is 9.81 Å². The summed E-state index contributed by atoms with van der Waals surface area (Å²) in [5.74, 6) is 0.224. The van der Waals surface area contributed by atoms with E-state index in [1.807, 2.05) is 0 Å². The maximum atomic E-state index is 10.3. The highest BCUT2D eigenvalue weighted by Gasteiger charge is 2.29. The highest BCUT2D eigenvalue weighted by molar-refractivity contribution is 5.62. The molecule has 1 aromatic heterocycles. The van der Waals surface area contributed by atoms with Crippen LogP contribution in [0.1, 0.15) is 0 Å². The summed E-state index contributed by atoms with van der Waals surface area (Å²) >= 11 is 0. The van der Waals surface area contributed by atoms with Crippen molar-refractivity contribution in [1.29, 1.82) is 0 Å². The van der Waals surface area contributed by atoms with Crippen LogP contribution < -0.4 is 10.0 Å². The summed E-state index contributed by atoms with van der Waals surface area (Å²) in [6, 6.07) is 0. The standard InChI is InChI=1S/C4H4N6O3/c11-7-9-1-2-10(8-12)4-3(9)5-13-6-4/h1-2H2. The fourth-order valence-corrected chi connectivity index (χ4v) is 1.06. The Kier molecular flexibility index (Phi) is 1.61. The van der Waals surface area contributed by atoms with E-state index < -0.39 is 0 Å². The average Bonchev–Trinajstić information content (AvgIpc) is 2.64. The molecule has 0 saturated heterocycles. The van der Waals surface area contributed by atoms with Gasteiger partial charge in [-0.15, -0.1) is 9.81 Å². The van der Waals surface area contributed by atoms with E-state index in [9.17, 15) is 9.81 Å². The van der Waals surface area contributed by atoms with Gasteiger partial charge in [-0.1, -0.05) is 0 Å². The van der Waals surface area contributed by atoms with Crippen molar-refractivity contribution in [3.8, 4) is 0 Å². The molecule has 0 radical (unpaired) electrons. The van der Waals surface area contributed by atoms with Crippen molar-refractivity contribution in [3.63, 3.8) is 0 Å². The van der Waals surface area contributed by atoms with E-state index >= 15 is 0 Å². The molecule has 1 aromatic rings. The summed E-state index contributed by atoms with van der Waals surface area (Å²) in [6.07, 6.45) is 0. The van der Waals surface area contributed by atoms with Crippen LogP contribution in [0.15, 0.2) is 15.2 Å². The molecule has 9 nitrogen and oxygen atoms in total. The predicted molar refractivity (Wildman–Crippen MR) is 40.6 cm³/mol. The molecule has 0 saturated carbocycles. The Bertz CT molecular complexity index is 306. The van der Waals surface area contributed by atoms with Crippen LogP contribution in [-0.4, -0.2) is 23.4 Å². The number of nitroso groups, excluding NO2 is 2. The summed E-state index contributed by atoms with van der Waals surface area (Å²) in [7, 11) is 0. The molecule has 0 aromatic carbocycles. The Morgan fingerprint density at radius 2 is 1.54 bits per heavy atom. The van der Waals surface area contributed by atoms with Crippen molar-refractivity contribution in [2.75, 3.05) is 23.1 Å². The quantitative estimate of drug-likeness (QED) is 0.598. The van der Waals surface area contributed by atoms with Crippen molar-refractivity contribution >= 4 is 11.6 Å². The molecule has 68 valence electrons. The third-order valence-electron chi connectivity index (χ3n) is 1.66. The number of fused-ring (bicyclic) bond motifs is 1. The van der Waals surface area contributed by atoms with Gasteiger partial charge in [0.05, 0.1) is 23.7 Å².